The number of hydrogen-bond acceptors (Lipinski definition) is 6. The number of rotatable bonds is 8. The Kier molecular flexibility index (Phi) is 6.33. The first kappa shape index (κ1) is 16.9. The van der Waals surface area contributed by atoms with Gasteiger partial charge in [0.1, 0.15) is 0 Å². The number of aliphatic hydroxyl groups is 1. The third-order valence-corrected chi connectivity index (χ3v) is 3.54. The van der Waals surface area contributed by atoms with Crippen LogP contribution in [0.15, 0.2) is 28.8 Å². The van der Waals surface area contributed by atoms with Gasteiger partial charge in [0, 0.05) is 30.7 Å². The zero-order chi connectivity index (χ0) is 15.9. The van der Waals surface area contributed by atoms with Crippen molar-refractivity contribution in [3.63, 3.8) is 0 Å². The van der Waals surface area contributed by atoms with E-state index in [0.717, 1.165) is 0 Å². The number of ether oxygens (including phenoxy) is 1. The van der Waals surface area contributed by atoms with Gasteiger partial charge in [-0.1, -0.05) is 35.0 Å². The molecule has 0 aliphatic rings. The van der Waals surface area contributed by atoms with Crippen molar-refractivity contribution < 1.29 is 14.4 Å². The first-order valence-electron chi connectivity index (χ1n) is 7.01. The Bertz CT molecular complexity index is 591. The van der Waals surface area contributed by atoms with E-state index in [1.807, 2.05) is 30.1 Å². The van der Waals surface area contributed by atoms with Gasteiger partial charge in [0.15, 0.2) is 5.82 Å². The molecule has 1 heterocycles. The fraction of sp³-hybridized carbons (Fsp3) is 0.467. The van der Waals surface area contributed by atoms with Crippen molar-refractivity contribution >= 4 is 11.6 Å². The minimum absolute atomic E-state index is 0.416. The van der Waals surface area contributed by atoms with Crippen molar-refractivity contribution in [2.24, 2.45) is 0 Å². The third kappa shape index (κ3) is 4.78. The van der Waals surface area contributed by atoms with Crippen LogP contribution in [0.25, 0.3) is 0 Å². The molecule has 0 saturated carbocycles. The van der Waals surface area contributed by atoms with Gasteiger partial charge in [-0.3, -0.25) is 4.90 Å². The van der Waals surface area contributed by atoms with Crippen LogP contribution in [0, 0.1) is 0 Å². The fourth-order valence-corrected chi connectivity index (χ4v) is 2.35. The van der Waals surface area contributed by atoms with Gasteiger partial charge in [0.05, 0.1) is 19.3 Å². The summed E-state index contributed by atoms with van der Waals surface area (Å²) in [5, 5.41) is 14.7. The van der Waals surface area contributed by atoms with Crippen LogP contribution in [0.5, 0.6) is 0 Å². The molecule has 1 atom stereocenters. The second-order valence-corrected chi connectivity index (χ2v) is 5.49. The predicted molar refractivity (Wildman–Crippen MR) is 82.6 cm³/mol. The number of nitrogens with zero attached hydrogens (tertiary/aromatic N) is 3. The summed E-state index contributed by atoms with van der Waals surface area (Å²) in [4.78, 5) is 6.18. The molecule has 1 unspecified atom stereocenters. The van der Waals surface area contributed by atoms with E-state index in [-0.39, 0.29) is 0 Å². The Morgan fingerprint density at radius 3 is 2.91 bits per heavy atom. The highest BCUT2D eigenvalue weighted by molar-refractivity contribution is 6.31. The summed E-state index contributed by atoms with van der Waals surface area (Å²) in [6.45, 7) is 1.43. The molecule has 0 aliphatic carbocycles. The van der Waals surface area contributed by atoms with Crippen LogP contribution in [-0.2, 0) is 17.7 Å². The smallest absolute Gasteiger partial charge is 0.240 e. The molecule has 120 valence electrons. The second kappa shape index (κ2) is 8.24. The number of methoxy groups -OCH3 is 1. The summed E-state index contributed by atoms with van der Waals surface area (Å²) in [6.07, 6.45) is -0.0547. The summed E-state index contributed by atoms with van der Waals surface area (Å²) >= 11 is 6.08. The SMILES string of the molecule is COCCc1noc(CN(C)CC(O)c2ccccc2Cl)n1. The summed E-state index contributed by atoms with van der Waals surface area (Å²) in [6, 6.07) is 7.27. The highest BCUT2D eigenvalue weighted by Gasteiger charge is 2.15. The number of halogens is 1. The van der Waals surface area contributed by atoms with Gasteiger partial charge in [-0.15, -0.1) is 0 Å². The van der Waals surface area contributed by atoms with Crippen LogP contribution in [0.4, 0.5) is 0 Å². The molecule has 2 rings (SSSR count). The average Bonchev–Trinajstić information content (AvgIpc) is 2.92. The molecule has 2 aromatic rings. The monoisotopic (exact) mass is 325 g/mol. The molecule has 0 fully saturated rings. The van der Waals surface area contributed by atoms with Gasteiger partial charge in [0.25, 0.3) is 0 Å². The predicted octanol–water partition coefficient (Wildman–Crippen LogP) is 2.08. The maximum Gasteiger partial charge on any atom is 0.240 e. The van der Waals surface area contributed by atoms with Crippen molar-refractivity contribution in [3.05, 3.63) is 46.6 Å². The molecular formula is C15H20ClN3O3. The Hall–Kier alpha value is -1.47. The van der Waals surface area contributed by atoms with Gasteiger partial charge in [-0.05, 0) is 13.1 Å². The maximum atomic E-state index is 10.3. The van der Waals surface area contributed by atoms with Crippen molar-refractivity contribution in [1.29, 1.82) is 0 Å². The lowest BCUT2D eigenvalue weighted by atomic mass is 10.1. The van der Waals surface area contributed by atoms with E-state index >= 15 is 0 Å². The van der Waals surface area contributed by atoms with Gasteiger partial charge in [-0.2, -0.15) is 4.98 Å². The molecule has 22 heavy (non-hydrogen) atoms. The highest BCUT2D eigenvalue weighted by atomic mass is 35.5. The molecule has 0 spiro atoms. The molecule has 0 amide bonds. The largest absolute Gasteiger partial charge is 0.387 e. The van der Waals surface area contributed by atoms with E-state index in [1.54, 1.807) is 13.2 Å². The summed E-state index contributed by atoms with van der Waals surface area (Å²) < 4.78 is 10.1. The lowest BCUT2D eigenvalue weighted by Gasteiger charge is -2.19. The molecule has 7 heteroatoms. The molecule has 6 nitrogen and oxygen atoms in total. The molecule has 0 saturated heterocycles. The Labute approximate surface area is 134 Å². The number of likely N-dealkylation sites (N-methyl/N-ethyl adjacent to an activating group) is 1. The standard InChI is InChI=1S/C15H20ClN3O3/c1-19(9-13(20)11-5-3-4-6-12(11)16)10-15-17-14(18-22-15)7-8-21-2/h3-6,13,20H,7-10H2,1-2H3. The molecule has 0 aliphatic heterocycles. The average molecular weight is 326 g/mol. The van der Waals surface area contributed by atoms with Gasteiger partial charge in [-0.25, -0.2) is 0 Å². The number of benzene rings is 1. The Morgan fingerprint density at radius 2 is 2.18 bits per heavy atom. The Balaban J connectivity index is 1.88. The van der Waals surface area contributed by atoms with Crippen LogP contribution in [-0.4, -0.2) is 47.5 Å². The van der Waals surface area contributed by atoms with Crippen LogP contribution < -0.4 is 0 Å². The molecule has 1 aromatic heterocycles. The Morgan fingerprint density at radius 1 is 1.41 bits per heavy atom. The summed E-state index contributed by atoms with van der Waals surface area (Å²) in [5.74, 6) is 1.14. The molecular weight excluding hydrogens is 306 g/mol. The zero-order valence-corrected chi connectivity index (χ0v) is 13.5. The zero-order valence-electron chi connectivity index (χ0n) is 12.7. The topological polar surface area (TPSA) is 71.6 Å². The molecule has 1 aromatic carbocycles. The van der Waals surface area contributed by atoms with Crippen LogP contribution in [0.1, 0.15) is 23.4 Å². The first-order valence-corrected chi connectivity index (χ1v) is 7.39. The van der Waals surface area contributed by atoms with Crippen molar-refractivity contribution in [2.45, 2.75) is 19.1 Å². The minimum Gasteiger partial charge on any atom is -0.387 e. The lowest BCUT2D eigenvalue weighted by Crippen LogP contribution is -2.24. The lowest BCUT2D eigenvalue weighted by molar-refractivity contribution is 0.118. The maximum absolute atomic E-state index is 10.3. The number of aliphatic hydroxyl groups excluding tert-OH is 1. The van der Waals surface area contributed by atoms with Gasteiger partial charge in [0.2, 0.25) is 5.89 Å². The van der Waals surface area contributed by atoms with Gasteiger partial charge < -0.3 is 14.4 Å². The van der Waals surface area contributed by atoms with Crippen molar-refractivity contribution in [1.82, 2.24) is 15.0 Å². The first-order chi connectivity index (χ1) is 10.6. The fourth-order valence-electron chi connectivity index (χ4n) is 2.08. The quantitative estimate of drug-likeness (QED) is 0.801. The van der Waals surface area contributed by atoms with Crippen molar-refractivity contribution in [2.75, 3.05) is 27.3 Å². The van der Waals surface area contributed by atoms with Crippen LogP contribution in [0.3, 0.4) is 0 Å². The van der Waals surface area contributed by atoms with Crippen LogP contribution in [0.2, 0.25) is 5.02 Å². The number of hydrogen-bond donors (Lipinski definition) is 1. The van der Waals surface area contributed by atoms with E-state index in [1.165, 1.54) is 0 Å². The molecule has 1 N–H and O–H groups in total. The molecule has 0 bridgehead atoms. The van der Waals surface area contributed by atoms with E-state index in [0.29, 0.717) is 48.4 Å². The van der Waals surface area contributed by atoms with E-state index in [9.17, 15) is 5.11 Å². The van der Waals surface area contributed by atoms with E-state index < -0.39 is 6.10 Å². The summed E-state index contributed by atoms with van der Waals surface area (Å²) in [5.41, 5.74) is 0.710. The van der Waals surface area contributed by atoms with Crippen LogP contribution >= 0.6 is 11.6 Å². The normalized spacial score (nSPS) is 12.8. The summed E-state index contributed by atoms with van der Waals surface area (Å²) in [7, 11) is 3.50. The van der Waals surface area contributed by atoms with E-state index in [4.69, 9.17) is 20.9 Å². The minimum atomic E-state index is -0.672. The highest BCUT2D eigenvalue weighted by Crippen LogP contribution is 2.23. The van der Waals surface area contributed by atoms with Crippen molar-refractivity contribution in [3.8, 4) is 0 Å². The van der Waals surface area contributed by atoms with E-state index in [2.05, 4.69) is 10.1 Å². The third-order valence-electron chi connectivity index (χ3n) is 3.19. The molecule has 0 radical (unpaired) electrons. The second-order valence-electron chi connectivity index (χ2n) is 5.08. The number of aromatic nitrogens is 2. The van der Waals surface area contributed by atoms with Gasteiger partial charge >= 0.3 is 0 Å².